The van der Waals surface area contributed by atoms with Gasteiger partial charge in [0, 0.05) is 26.3 Å². The van der Waals surface area contributed by atoms with Gasteiger partial charge in [-0.2, -0.15) is 0 Å². The van der Waals surface area contributed by atoms with Gasteiger partial charge in [0.05, 0.1) is 6.54 Å². The van der Waals surface area contributed by atoms with E-state index in [0.717, 1.165) is 12.8 Å². The van der Waals surface area contributed by atoms with E-state index in [2.05, 4.69) is 5.32 Å². The smallest absolute Gasteiger partial charge is 0.339 e. The molecule has 2 amide bonds. The number of amides is 2. The first-order valence-electron chi connectivity index (χ1n) is 6.90. The summed E-state index contributed by atoms with van der Waals surface area (Å²) in [5, 5.41) is 11.7. The molecule has 0 saturated carbocycles. The summed E-state index contributed by atoms with van der Waals surface area (Å²) in [7, 11) is 1.75. The number of furan rings is 1. The van der Waals surface area contributed by atoms with Crippen molar-refractivity contribution in [3.05, 3.63) is 23.2 Å². The van der Waals surface area contributed by atoms with Crippen LogP contribution in [0.15, 0.2) is 10.5 Å². The van der Waals surface area contributed by atoms with Crippen LogP contribution in [0.5, 0.6) is 0 Å². The van der Waals surface area contributed by atoms with Gasteiger partial charge >= 0.3 is 12.0 Å². The topological polar surface area (TPSA) is 92.0 Å². The molecule has 1 aliphatic heterocycles. The van der Waals surface area contributed by atoms with Gasteiger partial charge in [-0.3, -0.25) is 0 Å². The van der Waals surface area contributed by atoms with Crippen LogP contribution in [-0.4, -0.2) is 48.3 Å². The van der Waals surface area contributed by atoms with Gasteiger partial charge in [0.2, 0.25) is 0 Å². The lowest BCUT2D eigenvalue weighted by molar-refractivity contribution is 0.0524. The van der Waals surface area contributed by atoms with Gasteiger partial charge < -0.3 is 24.5 Å². The predicted molar refractivity (Wildman–Crippen MR) is 74.2 cm³/mol. The van der Waals surface area contributed by atoms with E-state index in [1.54, 1.807) is 18.9 Å². The van der Waals surface area contributed by atoms with Crippen molar-refractivity contribution < 1.29 is 23.8 Å². The minimum atomic E-state index is -1.03. The Balaban J connectivity index is 1.88. The third-order valence-corrected chi connectivity index (χ3v) is 3.67. The summed E-state index contributed by atoms with van der Waals surface area (Å²) in [5.74, 6) is -0.267. The number of carboxylic acids is 1. The number of carbonyl (C=O) groups excluding carboxylic acids is 1. The standard InChI is InChI=1S/C14H20N2O5/c1-9-12(13(17)18)7-11(21-9)8-15-14(19)16(2)10-3-5-20-6-4-10/h7,10H,3-6,8H2,1-2H3,(H,15,19)(H,17,18). The second kappa shape index (κ2) is 6.62. The molecule has 1 aromatic heterocycles. The van der Waals surface area contributed by atoms with Crippen molar-refractivity contribution in [1.82, 2.24) is 10.2 Å². The molecule has 1 saturated heterocycles. The molecule has 116 valence electrons. The molecule has 1 aliphatic rings. The number of nitrogens with zero attached hydrogens (tertiary/aromatic N) is 1. The van der Waals surface area contributed by atoms with Crippen molar-refractivity contribution in [3.8, 4) is 0 Å². The highest BCUT2D eigenvalue weighted by Gasteiger charge is 2.22. The third-order valence-electron chi connectivity index (χ3n) is 3.67. The number of rotatable bonds is 4. The van der Waals surface area contributed by atoms with E-state index in [1.165, 1.54) is 6.07 Å². The molecule has 0 unspecified atom stereocenters. The van der Waals surface area contributed by atoms with Crippen molar-refractivity contribution in [3.63, 3.8) is 0 Å². The number of hydrogen-bond donors (Lipinski definition) is 2. The lowest BCUT2D eigenvalue weighted by Gasteiger charge is -2.31. The van der Waals surface area contributed by atoms with Crippen LogP contribution in [0.4, 0.5) is 4.79 Å². The SMILES string of the molecule is Cc1oc(CNC(=O)N(C)C2CCOCC2)cc1C(=O)O. The Kier molecular flexibility index (Phi) is 4.85. The zero-order chi connectivity index (χ0) is 15.4. The van der Waals surface area contributed by atoms with Crippen LogP contribution < -0.4 is 5.32 Å². The molecule has 7 heteroatoms. The summed E-state index contributed by atoms with van der Waals surface area (Å²) in [6.07, 6.45) is 1.65. The highest BCUT2D eigenvalue weighted by atomic mass is 16.5. The Hall–Kier alpha value is -2.02. The van der Waals surface area contributed by atoms with E-state index in [9.17, 15) is 9.59 Å². The molecule has 2 heterocycles. The van der Waals surface area contributed by atoms with Gasteiger partial charge in [0.1, 0.15) is 17.1 Å². The van der Waals surface area contributed by atoms with Gasteiger partial charge in [-0.25, -0.2) is 9.59 Å². The van der Waals surface area contributed by atoms with Gasteiger partial charge in [0.15, 0.2) is 0 Å². The second-order valence-corrected chi connectivity index (χ2v) is 5.10. The number of aromatic carboxylic acids is 1. The maximum Gasteiger partial charge on any atom is 0.339 e. The van der Waals surface area contributed by atoms with E-state index < -0.39 is 5.97 Å². The number of carbonyl (C=O) groups is 2. The molecule has 0 radical (unpaired) electrons. The molecule has 1 aromatic rings. The van der Waals surface area contributed by atoms with Gasteiger partial charge in [0.25, 0.3) is 0 Å². The Labute approximate surface area is 122 Å². The minimum absolute atomic E-state index is 0.122. The monoisotopic (exact) mass is 296 g/mol. The zero-order valence-electron chi connectivity index (χ0n) is 12.2. The summed E-state index contributed by atoms with van der Waals surface area (Å²) < 4.78 is 10.6. The Bertz CT molecular complexity index is 519. The molecule has 0 bridgehead atoms. The number of nitrogens with one attached hydrogen (secondary N) is 1. The summed E-state index contributed by atoms with van der Waals surface area (Å²) >= 11 is 0. The quantitative estimate of drug-likeness (QED) is 0.880. The number of aryl methyl sites for hydroxylation is 1. The van der Waals surface area contributed by atoms with Gasteiger partial charge in [-0.05, 0) is 25.8 Å². The van der Waals surface area contributed by atoms with Crippen LogP contribution in [0.3, 0.4) is 0 Å². The summed E-state index contributed by atoms with van der Waals surface area (Å²) in [6, 6.07) is 1.41. The summed E-state index contributed by atoms with van der Waals surface area (Å²) in [4.78, 5) is 24.6. The lowest BCUT2D eigenvalue weighted by Crippen LogP contribution is -2.45. The average molecular weight is 296 g/mol. The molecule has 0 aliphatic carbocycles. The third kappa shape index (κ3) is 3.75. The molecule has 21 heavy (non-hydrogen) atoms. The molecule has 1 fully saturated rings. The Morgan fingerprint density at radius 2 is 2.10 bits per heavy atom. The largest absolute Gasteiger partial charge is 0.478 e. The van der Waals surface area contributed by atoms with Crippen LogP contribution in [0.2, 0.25) is 0 Å². The van der Waals surface area contributed by atoms with Crippen molar-refractivity contribution in [2.75, 3.05) is 20.3 Å². The van der Waals surface area contributed by atoms with Crippen LogP contribution >= 0.6 is 0 Å². The van der Waals surface area contributed by atoms with E-state index in [0.29, 0.717) is 24.7 Å². The van der Waals surface area contributed by atoms with Crippen molar-refractivity contribution >= 4 is 12.0 Å². The molecular weight excluding hydrogens is 276 g/mol. The van der Waals surface area contributed by atoms with E-state index in [4.69, 9.17) is 14.3 Å². The molecular formula is C14H20N2O5. The average Bonchev–Trinajstić information content (AvgIpc) is 2.86. The van der Waals surface area contributed by atoms with Gasteiger partial charge in [-0.1, -0.05) is 0 Å². The highest BCUT2D eigenvalue weighted by Crippen LogP contribution is 2.15. The van der Waals surface area contributed by atoms with Crippen molar-refractivity contribution in [2.24, 2.45) is 0 Å². The molecule has 0 aromatic carbocycles. The van der Waals surface area contributed by atoms with Crippen LogP contribution in [0, 0.1) is 6.92 Å². The minimum Gasteiger partial charge on any atom is -0.478 e. The van der Waals surface area contributed by atoms with Crippen LogP contribution in [0.1, 0.15) is 34.7 Å². The molecule has 7 nitrogen and oxygen atoms in total. The number of carboxylic acid groups (broad SMARTS) is 1. The van der Waals surface area contributed by atoms with Gasteiger partial charge in [-0.15, -0.1) is 0 Å². The number of hydrogen-bond acceptors (Lipinski definition) is 4. The molecule has 2 N–H and O–H groups in total. The van der Waals surface area contributed by atoms with E-state index >= 15 is 0 Å². The zero-order valence-corrected chi connectivity index (χ0v) is 12.2. The number of ether oxygens (including phenoxy) is 1. The Morgan fingerprint density at radius 1 is 1.43 bits per heavy atom. The Morgan fingerprint density at radius 3 is 2.67 bits per heavy atom. The fourth-order valence-electron chi connectivity index (χ4n) is 2.37. The van der Waals surface area contributed by atoms with Crippen LogP contribution in [0.25, 0.3) is 0 Å². The maximum atomic E-state index is 12.1. The first-order valence-corrected chi connectivity index (χ1v) is 6.90. The fourth-order valence-corrected chi connectivity index (χ4v) is 2.37. The highest BCUT2D eigenvalue weighted by molar-refractivity contribution is 5.88. The van der Waals surface area contributed by atoms with Crippen molar-refractivity contribution in [1.29, 1.82) is 0 Å². The second-order valence-electron chi connectivity index (χ2n) is 5.10. The van der Waals surface area contributed by atoms with Crippen molar-refractivity contribution in [2.45, 2.75) is 32.4 Å². The maximum absolute atomic E-state index is 12.1. The number of urea groups is 1. The first-order chi connectivity index (χ1) is 9.99. The summed E-state index contributed by atoms with van der Waals surface area (Å²) in [5.41, 5.74) is 0.122. The molecule has 0 spiro atoms. The van der Waals surface area contributed by atoms with E-state index in [-0.39, 0.29) is 24.2 Å². The lowest BCUT2D eigenvalue weighted by atomic mass is 10.1. The fraction of sp³-hybridized carbons (Fsp3) is 0.571. The van der Waals surface area contributed by atoms with E-state index in [1.807, 2.05) is 0 Å². The predicted octanol–water partition coefficient (Wildman–Crippen LogP) is 1.61. The molecule has 0 atom stereocenters. The van der Waals surface area contributed by atoms with Crippen LogP contribution in [-0.2, 0) is 11.3 Å². The summed E-state index contributed by atoms with van der Waals surface area (Å²) in [6.45, 7) is 3.09. The molecule has 2 rings (SSSR count). The first kappa shape index (κ1) is 15.4. The normalized spacial score (nSPS) is 15.7.